The molecule has 1 aromatic carbocycles. The first-order chi connectivity index (χ1) is 10.7. The van der Waals surface area contributed by atoms with Gasteiger partial charge in [0.05, 0.1) is 13.5 Å². The summed E-state index contributed by atoms with van der Waals surface area (Å²) in [5.41, 5.74) is 1.34. The maximum absolute atomic E-state index is 11.6. The summed E-state index contributed by atoms with van der Waals surface area (Å²) in [6.07, 6.45) is 8.12. The second-order valence-corrected chi connectivity index (χ2v) is 7.22. The summed E-state index contributed by atoms with van der Waals surface area (Å²) in [5, 5.41) is 1.08. The van der Waals surface area contributed by atoms with Gasteiger partial charge in [0, 0.05) is 16.6 Å². The van der Waals surface area contributed by atoms with Crippen LogP contribution in [0.1, 0.15) is 37.0 Å². The molecular formula is C18H21NO2S. The Morgan fingerprint density at radius 3 is 2.73 bits per heavy atom. The lowest BCUT2D eigenvalue weighted by Crippen LogP contribution is -2.33. The number of benzene rings is 1. The number of hydrogen-bond acceptors (Lipinski definition) is 4. The van der Waals surface area contributed by atoms with Crippen LogP contribution in [0.5, 0.6) is 0 Å². The maximum Gasteiger partial charge on any atom is 0.306 e. The fraction of sp³-hybridized carbons (Fsp3) is 0.444. The number of hydrogen-bond donors (Lipinski definition) is 0. The van der Waals surface area contributed by atoms with Crippen LogP contribution >= 0.6 is 11.3 Å². The average molecular weight is 315 g/mol. The minimum absolute atomic E-state index is 0.0750. The molecule has 2 aromatic rings. The number of nitrogens with zero attached hydrogens (tertiary/aromatic N) is 1. The molecule has 0 N–H and O–H groups in total. The van der Waals surface area contributed by atoms with Gasteiger partial charge in [-0.3, -0.25) is 4.79 Å². The molecule has 3 rings (SSSR count). The first-order valence-electron chi connectivity index (χ1n) is 7.78. The highest BCUT2D eigenvalue weighted by Crippen LogP contribution is 2.48. The van der Waals surface area contributed by atoms with Gasteiger partial charge in [-0.25, -0.2) is 4.98 Å². The Kier molecular flexibility index (Phi) is 4.57. The Labute approximate surface area is 135 Å². The Hall–Kier alpha value is -1.68. The number of carbonyl (C=O) groups excluding carboxylic acids is 1. The smallest absolute Gasteiger partial charge is 0.306 e. The van der Waals surface area contributed by atoms with E-state index in [1.54, 1.807) is 11.3 Å². The number of methoxy groups -OCH3 is 1. The number of aromatic nitrogens is 1. The van der Waals surface area contributed by atoms with Crippen LogP contribution in [0.2, 0.25) is 0 Å². The summed E-state index contributed by atoms with van der Waals surface area (Å²) in [7, 11) is 1.48. The first-order valence-corrected chi connectivity index (χ1v) is 8.59. The number of aryl methyl sites for hydroxylation is 1. The topological polar surface area (TPSA) is 39.2 Å². The van der Waals surface area contributed by atoms with Gasteiger partial charge in [-0.15, -0.1) is 11.3 Å². The summed E-state index contributed by atoms with van der Waals surface area (Å²) in [4.78, 5) is 17.4. The maximum atomic E-state index is 11.6. The third-order valence-electron chi connectivity index (χ3n) is 4.64. The largest absolute Gasteiger partial charge is 0.469 e. The van der Waals surface area contributed by atoms with Gasteiger partial charge in [0.25, 0.3) is 0 Å². The van der Waals surface area contributed by atoms with E-state index in [9.17, 15) is 4.79 Å². The van der Waals surface area contributed by atoms with Crippen molar-refractivity contribution in [2.75, 3.05) is 7.11 Å². The van der Waals surface area contributed by atoms with E-state index in [1.165, 1.54) is 24.0 Å². The second-order valence-electron chi connectivity index (χ2n) is 6.10. The summed E-state index contributed by atoms with van der Waals surface area (Å²) in [6, 6.07) is 10.3. The molecule has 0 atom stereocenters. The van der Waals surface area contributed by atoms with Crippen LogP contribution in [-0.4, -0.2) is 18.1 Å². The van der Waals surface area contributed by atoms with Gasteiger partial charge in [0.15, 0.2) is 0 Å². The Balaban J connectivity index is 1.62. The molecule has 116 valence electrons. The molecular weight excluding hydrogens is 294 g/mol. The molecule has 0 aliphatic heterocycles. The van der Waals surface area contributed by atoms with Crippen LogP contribution in [0.3, 0.4) is 0 Å². The van der Waals surface area contributed by atoms with Crippen molar-refractivity contribution in [2.24, 2.45) is 5.41 Å². The molecule has 22 heavy (non-hydrogen) atoms. The lowest BCUT2D eigenvalue weighted by molar-refractivity contribution is -0.145. The van der Waals surface area contributed by atoms with E-state index in [-0.39, 0.29) is 11.4 Å². The first kappa shape index (κ1) is 15.2. The molecule has 1 heterocycles. The van der Waals surface area contributed by atoms with Crippen LogP contribution in [-0.2, 0) is 16.0 Å². The molecule has 3 nitrogen and oxygen atoms in total. The molecule has 0 amide bonds. The zero-order valence-electron chi connectivity index (χ0n) is 12.9. The predicted molar refractivity (Wildman–Crippen MR) is 88.8 cm³/mol. The van der Waals surface area contributed by atoms with Crippen LogP contribution in [0, 0.1) is 5.41 Å². The zero-order chi connectivity index (χ0) is 15.4. The van der Waals surface area contributed by atoms with Crippen molar-refractivity contribution < 1.29 is 9.53 Å². The standard InChI is InChI=1S/C18H21NO2S/c1-21-16(20)12-18(9-5-10-18)11-8-15-13-19-17(22-15)14-6-3-2-4-7-14/h2-4,6-7,13H,5,8-12H2,1H3. The molecule has 0 saturated heterocycles. The van der Waals surface area contributed by atoms with Gasteiger partial charge >= 0.3 is 5.97 Å². The van der Waals surface area contributed by atoms with E-state index < -0.39 is 0 Å². The summed E-state index contributed by atoms with van der Waals surface area (Å²) in [5.74, 6) is -0.0750. The quantitative estimate of drug-likeness (QED) is 0.738. The highest BCUT2D eigenvalue weighted by molar-refractivity contribution is 7.15. The van der Waals surface area contributed by atoms with E-state index >= 15 is 0 Å². The fourth-order valence-corrected chi connectivity index (χ4v) is 4.01. The van der Waals surface area contributed by atoms with Crippen LogP contribution in [0.15, 0.2) is 36.5 Å². The fourth-order valence-electron chi connectivity index (χ4n) is 3.10. The lowest BCUT2D eigenvalue weighted by atomic mass is 9.64. The lowest BCUT2D eigenvalue weighted by Gasteiger charge is -2.41. The van der Waals surface area contributed by atoms with Gasteiger partial charge in [-0.2, -0.15) is 0 Å². The number of rotatable bonds is 6. The Bertz CT molecular complexity index is 632. The van der Waals surface area contributed by atoms with Crippen molar-refractivity contribution >= 4 is 17.3 Å². The van der Waals surface area contributed by atoms with Crippen molar-refractivity contribution in [3.8, 4) is 10.6 Å². The number of esters is 1. The van der Waals surface area contributed by atoms with E-state index in [0.29, 0.717) is 6.42 Å². The third kappa shape index (κ3) is 3.38. The average Bonchev–Trinajstić information content (AvgIpc) is 2.99. The minimum Gasteiger partial charge on any atom is -0.469 e. The molecule has 0 radical (unpaired) electrons. The Morgan fingerprint density at radius 2 is 2.09 bits per heavy atom. The molecule has 1 saturated carbocycles. The molecule has 0 bridgehead atoms. The van der Waals surface area contributed by atoms with Crippen molar-refractivity contribution in [2.45, 2.75) is 38.5 Å². The van der Waals surface area contributed by atoms with E-state index in [4.69, 9.17) is 4.74 Å². The third-order valence-corrected chi connectivity index (χ3v) is 5.74. The van der Waals surface area contributed by atoms with Crippen LogP contribution < -0.4 is 0 Å². The molecule has 1 aliphatic carbocycles. The molecule has 0 spiro atoms. The van der Waals surface area contributed by atoms with Crippen molar-refractivity contribution in [1.82, 2.24) is 4.98 Å². The van der Waals surface area contributed by atoms with Crippen molar-refractivity contribution in [3.05, 3.63) is 41.4 Å². The van der Waals surface area contributed by atoms with Crippen LogP contribution in [0.4, 0.5) is 0 Å². The highest BCUT2D eigenvalue weighted by Gasteiger charge is 2.38. The van der Waals surface area contributed by atoms with Crippen molar-refractivity contribution in [3.63, 3.8) is 0 Å². The van der Waals surface area contributed by atoms with E-state index in [1.807, 2.05) is 24.4 Å². The molecule has 1 aromatic heterocycles. The SMILES string of the molecule is COC(=O)CC1(CCc2cnc(-c3ccccc3)s2)CCC1. The molecule has 1 fully saturated rings. The number of ether oxygens (including phenoxy) is 1. The van der Waals surface area contributed by atoms with E-state index in [0.717, 1.165) is 30.7 Å². The summed E-state index contributed by atoms with van der Waals surface area (Å²) >= 11 is 1.76. The summed E-state index contributed by atoms with van der Waals surface area (Å²) < 4.78 is 4.85. The molecule has 0 unspecified atom stereocenters. The minimum atomic E-state index is -0.0750. The molecule has 1 aliphatic rings. The number of thiazole rings is 1. The van der Waals surface area contributed by atoms with Crippen LogP contribution in [0.25, 0.3) is 10.6 Å². The monoisotopic (exact) mass is 315 g/mol. The highest BCUT2D eigenvalue weighted by atomic mass is 32.1. The van der Waals surface area contributed by atoms with Gasteiger partial charge in [0.1, 0.15) is 5.01 Å². The second kappa shape index (κ2) is 6.61. The van der Waals surface area contributed by atoms with Gasteiger partial charge < -0.3 is 4.74 Å². The van der Waals surface area contributed by atoms with Gasteiger partial charge in [-0.1, -0.05) is 36.8 Å². The van der Waals surface area contributed by atoms with Gasteiger partial charge in [-0.05, 0) is 31.1 Å². The molecule has 4 heteroatoms. The predicted octanol–water partition coefficient (Wildman–Crippen LogP) is 4.48. The normalized spacial score (nSPS) is 16.0. The summed E-state index contributed by atoms with van der Waals surface area (Å²) in [6.45, 7) is 0. The van der Waals surface area contributed by atoms with Gasteiger partial charge in [0.2, 0.25) is 0 Å². The zero-order valence-corrected chi connectivity index (χ0v) is 13.7. The Morgan fingerprint density at radius 1 is 1.32 bits per heavy atom. The van der Waals surface area contributed by atoms with Crippen molar-refractivity contribution in [1.29, 1.82) is 0 Å². The number of carbonyl (C=O) groups is 1. The van der Waals surface area contributed by atoms with E-state index in [2.05, 4.69) is 17.1 Å².